The summed E-state index contributed by atoms with van der Waals surface area (Å²) in [5, 5.41) is 0. The van der Waals surface area contributed by atoms with E-state index in [2.05, 4.69) is 4.72 Å². The van der Waals surface area contributed by atoms with Gasteiger partial charge in [-0.3, -0.25) is 4.72 Å². The fourth-order valence-electron chi connectivity index (χ4n) is 2.55. The van der Waals surface area contributed by atoms with E-state index in [1.807, 2.05) is 19.1 Å². The molecule has 3 N–H and O–H groups in total. The van der Waals surface area contributed by atoms with Crippen LogP contribution in [0.4, 0.5) is 5.69 Å². The highest BCUT2D eigenvalue weighted by Crippen LogP contribution is 2.22. The van der Waals surface area contributed by atoms with E-state index >= 15 is 0 Å². The van der Waals surface area contributed by atoms with Crippen LogP contribution in [0.3, 0.4) is 0 Å². The van der Waals surface area contributed by atoms with Crippen LogP contribution in [0.5, 0.6) is 0 Å². The number of nitrogens with zero attached hydrogens (tertiary/aromatic N) is 1. The normalized spacial score (nSPS) is 17.7. The molecule has 1 aromatic rings. The number of aryl methyl sites for hydroxylation is 1. The molecule has 6 heteroatoms. The van der Waals surface area contributed by atoms with Gasteiger partial charge in [-0.25, -0.2) is 0 Å². The number of rotatable bonds is 4. The monoisotopic (exact) mass is 297 g/mol. The third-order valence-electron chi connectivity index (χ3n) is 3.76. The number of hydrogen-bond donors (Lipinski definition) is 2. The fourth-order valence-corrected chi connectivity index (χ4v) is 3.89. The van der Waals surface area contributed by atoms with Gasteiger partial charge in [-0.1, -0.05) is 25.0 Å². The Bertz CT molecular complexity index is 550. The highest BCUT2D eigenvalue weighted by molar-refractivity contribution is 7.90. The molecule has 0 aliphatic carbocycles. The number of nitrogens with one attached hydrogen (secondary N) is 1. The summed E-state index contributed by atoms with van der Waals surface area (Å²) in [5.41, 5.74) is 8.18. The van der Waals surface area contributed by atoms with Crippen molar-refractivity contribution < 1.29 is 8.42 Å². The Morgan fingerprint density at radius 2 is 1.85 bits per heavy atom. The van der Waals surface area contributed by atoms with Crippen LogP contribution in [0.25, 0.3) is 0 Å². The minimum absolute atomic E-state index is 0.324. The lowest BCUT2D eigenvalue weighted by atomic mass is 10.1. The topological polar surface area (TPSA) is 75.4 Å². The van der Waals surface area contributed by atoms with Crippen LogP contribution in [0.1, 0.15) is 36.8 Å². The van der Waals surface area contributed by atoms with Crippen LogP contribution < -0.4 is 10.5 Å². The molecule has 0 atom stereocenters. The van der Waals surface area contributed by atoms with E-state index in [1.165, 1.54) is 0 Å². The zero-order valence-electron chi connectivity index (χ0n) is 11.9. The molecule has 5 nitrogen and oxygen atoms in total. The van der Waals surface area contributed by atoms with E-state index in [4.69, 9.17) is 5.73 Å². The second-order valence-electron chi connectivity index (χ2n) is 5.23. The summed E-state index contributed by atoms with van der Waals surface area (Å²) >= 11 is 0. The van der Waals surface area contributed by atoms with Gasteiger partial charge in [0.25, 0.3) is 0 Å². The van der Waals surface area contributed by atoms with Crippen LogP contribution in [-0.4, -0.2) is 25.8 Å². The van der Waals surface area contributed by atoms with Crippen LogP contribution in [-0.2, 0) is 16.8 Å². The summed E-state index contributed by atoms with van der Waals surface area (Å²) in [5.74, 6) is 0. The van der Waals surface area contributed by atoms with E-state index in [-0.39, 0.29) is 0 Å². The van der Waals surface area contributed by atoms with Crippen molar-refractivity contribution in [2.45, 2.75) is 39.2 Å². The van der Waals surface area contributed by atoms with Crippen molar-refractivity contribution in [1.82, 2.24) is 4.31 Å². The van der Waals surface area contributed by atoms with Crippen molar-refractivity contribution >= 4 is 15.9 Å². The first kappa shape index (κ1) is 15.3. The van der Waals surface area contributed by atoms with Crippen molar-refractivity contribution in [3.05, 3.63) is 29.3 Å². The Balaban J connectivity index is 2.21. The van der Waals surface area contributed by atoms with Gasteiger partial charge < -0.3 is 5.73 Å². The lowest BCUT2D eigenvalue weighted by Gasteiger charge is -2.22. The first-order valence-electron chi connectivity index (χ1n) is 7.11. The Kier molecular flexibility index (Phi) is 5.01. The zero-order chi connectivity index (χ0) is 14.6. The smallest absolute Gasteiger partial charge is 0.301 e. The number of nitrogens with two attached hydrogens (primary N) is 1. The van der Waals surface area contributed by atoms with Gasteiger partial charge in [-0.05, 0) is 37.0 Å². The highest BCUT2D eigenvalue weighted by atomic mass is 32.2. The summed E-state index contributed by atoms with van der Waals surface area (Å²) in [6.07, 6.45) is 4.06. The summed E-state index contributed by atoms with van der Waals surface area (Å²) in [6.45, 7) is 3.45. The molecule has 0 radical (unpaired) electrons. The maximum atomic E-state index is 12.5. The molecule has 0 aromatic heterocycles. The van der Waals surface area contributed by atoms with Gasteiger partial charge in [0.1, 0.15) is 0 Å². The van der Waals surface area contributed by atoms with E-state index in [0.29, 0.717) is 25.3 Å². The molecule has 0 saturated carbocycles. The molecule has 1 aliphatic heterocycles. The van der Waals surface area contributed by atoms with Crippen molar-refractivity contribution in [2.24, 2.45) is 5.73 Å². The quantitative estimate of drug-likeness (QED) is 0.892. The van der Waals surface area contributed by atoms with Crippen LogP contribution in [0.15, 0.2) is 18.2 Å². The average molecular weight is 297 g/mol. The minimum Gasteiger partial charge on any atom is -0.326 e. The Hall–Kier alpha value is -1.11. The van der Waals surface area contributed by atoms with E-state index in [9.17, 15) is 8.42 Å². The fraction of sp³-hybridized carbons (Fsp3) is 0.571. The van der Waals surface area contributed by atoms with Crippen LogP contribution in [0.2, 0.25) is 0 Å². The lowest BCUT2D eigenvalue weighted by Crippen LogP contribution is -2.36. The molecule has 1 aromatic carbocycles. The van der Waals surface area contributed by atoms with Crippen LogP contribution >= 0.6 is 0 Å². The molecular weight excluding hydrogens is 274 g/mol. The Labute approximate surface area is 121 Å². The Morgan fingerprint density at radius 1 is 1.20 bits per heavy atom. The zero-order valence-corrected chi connectivity index (χ0v) is 12.7. The highest BCUT2D eigenvalue weighted by Gasteiger charge is 2.23. The summed E-state index contributed by atoms with van der Waals surface area (Å²) in [6, 6.07) is 5.55. The van der Waals surface area contributed by atoms with Crippen molar-refractivity contribution in [1.29, 1.82) is 0 Å². The van der Waals surface area contributed by atoms with Crippen molar-refractivity contribution in [2.75, 3.05) is 17.8 Å². The van der Waals surface area contributed by atoms with Gasteiger partial charge in [0.15, 0.2) is 0 Å². The summed E-state index contributed by atoms with van der Waals surface area (Å²) in [7, 11) is -3.48. The first-order chi connectivity index (χ1) is 9.54. The molecule has 1 heterocycles. The number of hydrogen-bond acceptors (Lipinski definition) is 3. The van der Waals surface area contributed by atoms with Gasteiger partial charge >= 0.3 is 10.2 Å². The maximum Gasteiger partial charge on any atom is 0.301 e. The predicted molar refractivity (Wildman–Crippen MR) is 81.7 cm³/mol. The molecular formula is C14H23N3O2S. The van der Waals surface area contributed by atoms with E-state index < -0.39 is 10.2 Å². The maximum absolute atomic E-state index is 12.5. The number of anilines is 1. The molecule has 2 rings (SSSR count). The largest absolute Gasteiger partial charge is 0.326 e. The second kappa shape index (κ2) is 6.56. The summed E-state index contributed by atoms with van der Waals surface area (Å²) < 4.78 is 29.2. The third kappa shape index (κ3) is 3.50. The van der Waals surface area contributed by atoms with E-state index in [1.54, 1.807) is 10.4 Å². The molecule has 0 unspecified atom stereocenters. The van der Waals surface area contributed by atoms with Gasteiger partial charge in [-0.15, -0.1) is 0 Å². The molecule has 0 bridgehead atoms. The lowest BCUT2D eigenvalue weighted by molar-refractivity contribution is 0.427. The van der Waals surface area contributed by atoms with Gasteiger partial charge in [-0.2, -0.15) is 12.7 Å². The van der Waals surface area contributed by atoms with Gasteiger partial charge in [0.2, 0.25) is 0 Å². The van der Waals surface area contributed by atoms with Gasteiger partial charge in [0, 0.05) is 19.6 Å². The van der Waals surface area contributed by atoms with Crippen molar-refractivity contribution in [3.8, 4) is 0 Å². The molecule has 1 aliphatic rings. The summed E-state index contributed by atoms with van der Waals surface area (Å²) in [4.78, 5) is 0. The standard InChI is InChI=1S/C14H23N3O2S/c1-12-7-6-8-14(13(12)11-15)16-20(18,19)17-9-4-2-3-5-10-17/h6-8,16H,2-5,9-11,15H2,1H3. The van der Waals surface area contributed by atoms with Gasteiger partial charge in [0.05, 0.1) is 5.69 Å². The van der Waals surface area contributed by atoms with Crippen LogP contribution in [0, 0.1) is 6.92 Å². The number of benzene rings is 1. The molecule has 0 spiro atoms. The first-order valence-corrected chi connectivity index (χ1v) is 8.55. The minimum atomic E-state index is -3.48. The molecule has 0 amide bonds. The Morgan fingerprint density at radius 3 is 2.45 bits per heavy atom. The van der Waals surface area contributed by atoms with Crippen molar-refractivity contribution in [3.63, 3.8) is 0 Å². The molecule has 1 fully saturated rings. The average Bonchev–Trinajstić information content (AvgIpc) is 2.68. The molecule has 112 valence electrons. The molecule has 1 saturated heterocycles. The second-order valence-corrected chi connectivity index (χ2v) is 6.90. The third-order valence-corrected chi connectivity index (χ3v) is 5.28. The predicted octanol–water partition coefficient (Wildman–Crippen LogP) is 1.99. The van der Waals surface area contributed by atoms with E-state index in [0.717, 1.165) is 36.8 Å². The SMILES string of the molecule is Cc1cccc(NS(=O)(=O)N2CCCCCC2)c1CN. The molecule has 20 heavy (non-hydrogen) atoms.